The first-order chi connectivity index (χ1) is 8.30. The van der Waals surface area contributed by atoms with Crippen LogP contribution in [0.5, 0.6) is 17.2 Å². The Kier molecular flexibility index (Phi) is 3.71. The third-order valence-electron chi connectivity index (χ3n) is 2.36. The first-order valence-electron chi connectivity index (χ1n) is 5.00. The van der Waals surface area contributed by atoms with Crippen LogP contribution in [0.25, 0.3) is 10.1 Å². The van der Waals surface area contributed by atoms with Gasteiger partial charge in [-0.25, -0.2) is 0 Å². The van der Waals surface area contributed by atoms with E-state index in [0.29, 0.717) is 5.75 Å². The van der Waals surface area contributed by atoms with Crippen LogP contribution < -0.4 is 14.2 Å². The summed E-state index contributed by atoms with van der Waals surface area (Å²) in [6, 6.07) is 3.68. The number of rotatable bonds is 4. The van der Waals surface area contributed by atoms with Crippen molar-refractivity contribution in [1.29, 1.82) is 0 Å². The van der Waals surface area contributed by atoms with Gasteiger partial charge in [0.2, 0.25) is 0 Å². The molecule has 0 N–H and O–H groups in total. The van der Waals surface area contributed by atoms with Crippen LogP contribution in [0.2, 0.25) is 0 Å². The van der Waals surface area contributed by atoms with Gasteiger partial charge in [0, 0.05) is 0 Å². The van der Waals surface area contributed by atoms with Crippen LogP contribution in [0, 0.1) is 0 Å². The molecule has 0 bridgehead atoms. The van der Waals surface area contributed by atoms with Gasteiger partial charge in [0.1, 0.15) is 0 Å². The van der Waals surface area contributed by atoms with E-state index in [0.717, 1.165) is 21.6 Å². The molecule has 0 radical (unpaired) electrons. The second-order valence-electron chi connectivity index (χ2n) is 3.24. The number of methoxy groups -OCH3 is 3. The van der Waals surface area contributed by atoms with Crippen molar-refractivity contribution in [3.63, 3.8) is 0 Å². The summed E-state index contributed by atoms with van der Waals surface area (Å²) in [6.45, 7) is 0. The molecule has 1 aromatic carbocycles. The van der Waals surface area contributed by atoms with E-state index in [1.165, 1.54) is 0 Å². The van der Waals surface area contributed by atoms with Crippen molar-refractivity contribution in [2.45, 2.75) is 0 Å². The zero-order valence-corrected chi connectivity index (χ0v) is 11.6. The van der Waals surface area contributed by atoms with Gasteiger partial charge in [-0.05, 0) is 0 Å². The second-order valence-corrected chi connectivity index (χ2v) is 5.12. The van der Waals surface area contributed by atoms with Gasteiger partial charge in [-0.2, -0.15) is 0 Å². The molecule has 0 saturated carbocycles. The Hall–Kier alpha value is -1.45. The molecule has 0 atom stereocenters. The van der Waals surface area contributed by atoms with Crippen molar-refractivity contribution >= 4 is 14.5 Å². The molecule has 4 nitrogen and oxygen atoms in total. The first-order valence-corrected chi connectivity index (χ1v) is 6.84. The Labute approximate surface area is 106 Å². The molecule has 1 aromatic heterocycles. The Morgan fingerprint density at radius 2 is 1.65 bits per heavy atom. The Morgan fingerprint density at radius 3 is 2.06 bits per heavy atom. The Bertz CT molecular complexity index is 471. The fourth-order valence-electron chi connectivity index (χ4n) is 1.56. The average molecular weight is 298 g/mol. The number of aromatic nitrogens is 1. The van der Waals surface area contributed by atoms with E-state index in [9.17, 15) is 0 Å². The van der Waals surface area contributed by atoms with E-state index in [-0.39, 0.29) is 14.5 Å². The summed E-state index contributed by atoms with van der Waals surface area (Å²) < 4.78 is 17.0. The van der Waals surface area contributed by atoms with Gasteiger partial charge in [0.05, 0.1) is 0 Å². The predicted molar refractivity (Wildman–Crippen MR) is 66.3 cm³/mol. The molecule has 0 aliphatic carbocycles. The van der Waals surface area contributed by atoms with Gasteiger partial charge in [-0.1, -0.05) is 0 Å². The summed E-state index contributed by atoms with van der Waals surface area (Å²) in [5, 5.41) is 0. The summed E-state index contributed by atoms with van der Waals surface area (Å²) in [4.78, 5) is 6.40. The molecule has 0 unspecified atom stereocenters. The second kappa shape index (κ2) is 5.25. The number of ether oxygens (including phenoxy) is 3. The quantitative estimate of drug-likeness (QED) is 0.808. The maximum absolute atomic E-state index is 5.38. The van der Waals surface area contributed by atoms with Gasteiger partial charge >= 0.3 is 106 Å². The van der Waals surface area contributed by atoms with Crippen LogP contribution in [0.15, 0.2) is 23.3 Å². The van der Waals surface area contributed by atoms with Crippen LogP contribution in [-0.2, 0) is 0 Å². The SMILES string of the molecule is COc1cc(OC)c(-c2ncc[se]2)c(OC)c1. The van der Waals surface area contributed by atoms with E-state index in [1.807, 2.05) is 18.3 Å². The molecule has 0 amide bonds. The van der Waals surface area contributed by atoms with Crippen molar-refractivity contribution in [3.05, 3.63) is 23.3 Å². The van der Waals surface area contributed by atoms with Crippen molar-refractivity contribution in [2.75, 3.05) is 21.3 Å². The molecule has 5 heteroatoms. The van der Waals surface area contributed by atoms with E-state index < -0.39 is 0 Å². The van der Waals surface area contributed by atoms with E-state index >= 15 is 0 Å². The van der Waals surface area contributed by atoms with Gasteiger partial charge in [-0.3, -0.25) is 0 Å². The van der Waals surface area contributed by atoms with Crippen LogP contribution >= 0.6 is 0 Å². The molecule has 90 valence electrons. The Balaban J connectivity index is 2.63. The van der Waals surface area contributed by atoms with Crippen molar-refractivity contribution in [1.82, 2.24) is 4.98 Å². The van der Waals surface area contributed by atoms with Crippen molar-refractivity contribution in [3.8, 4) is 27.4 Å². The molecule has 0 saturated heterocycles. The van der Waals surface area contributed by atoms with Crippen LogP contribution in [0.4, 0.5) is 0 Å². The number of hydrogen-bond acceptors (Lipinski definition) is 4. The fourth-order valence-corrected chi connectivity index (χ4v) is 3.01. The predicted octanol–water partition coefficient (Wildman–Crippen LogP) is 1.83. The maximum atomic E-state index is 5.38. The standard InChI is InChI=1S/C12H13NO3Se/c1-14-8-6-9(15-2)11(10(7-8)16-3)12-13-4-5-17-12/h4-7H,1-3H3. The summed E-state index contributed by atoms with van der Waals surface area (Å²) in [6.07, 6.45) is 1.82. The molecule has 0 aliphatic rings. The molecular formula is C12H13NO3Se. The average Bonchev–Trinajstić information content (AvgIpc) is 2.90. The van der Waals surface area contributed by atoms with Gasteiger partial charge in [-0.15, -0.1) is 0 Å². The molecule has 0 spiro atoms. The summed E-state index contributed by atoms with van der Waals surface area (Å²) in [5.41, 5.74) is 0.917. The molecule has 2 rings (SSSR count). The van der Waals surface area contributed by atoms with E-state index in [4.69, 9.17) is 14.2 Å². The molecule has 1 heterocycles. The molecule has 0 fully saturated rings. The van der Waals surface area contributed by atoms with Crippen LogP contribution in [0.3, 0.4) is 0 Å². The Morgan fingerprint density at radius 1 is 1.00 bits per heavy atom. The number of nitrogens with zero attached hydrogens (tertiary/aromatic N) is 1. The van der Waals surface area contributed by atoms with Gasteiger partial charge in [0.15, 0.2) is 0 Å². The minimum atomic E-state index is 0.231. The van der Waals surface area contributed by atoms with Gasteiger partial charge in [0.25, 0.3) is 0 Å². The normalized spacial score (nSPS) is 10.1. The zero-order chi connectivity index (χ0) is 12.3. The molecule has 17 heavy (non-hydrogen) atoms. The topological polar surface area (TPSA) is 40.6 Å². The van der Waals surface area contributed by atoms with Gasteiger partial charge < -0.3 is 0 Å². The number of hydrogen-bond donors (Lipinski definition) is 0. The van der Waals surface area contributed by atoms with E-state index in [2.05, 4.69) is 9.92 Å². The van der Waals surface area contributed by atoms with E-state index in [1.54, 1.807) is 21.3 Å². The first kappa shape index (κ1) is 12.0. The fraction of sp³-hybridized carbons (Fsp3) is 0.250. The van der Waals surface area contributed by atoms with Crippen molar-refractivity contribution in [2.24, 2.45) is 0 Å². The minimum absolute atomic E-state index is 0.231. The monoisotopic (exact) mass is 299 g/mol. The third kappa shape index (κ3) is 2.30. The summed E-state index contributed by atoms with van der Waals surface area (Å²) in [7, 11) is 4.88. The van der Waals surface area contributed by atoms with Crippen LogP contribution in [-0.4, -0.2) is 40.8 Å². The summed E-state index contributed by atoms with van der Waals surface area (Å²) in [5.74, 6) is 2.16. The summed E-state index contributed by atoms with van der Waals surface area (Å²) >= 11 is 0.231. The van der Waals surface area contributed by atoms with Crippen molar-refractivity contribution < 1.29 is 14.2 Å². The van der Waals surface area contributed by atoms with Crippen LogP contribution in [0.1, 0.15) is 0 Å². The molecule has 2 aromatic rings. The third-order valence-corrected chi connectivity index (χ3v) is 4.02. The molecular weight excluding hydrogens is 285 g/mol. The molecule has 0 aliphatic heterocycles. The zero-order valence-electron chi connectivity index (χ0n) is 9.89. The number of benzene rings is 1.